The molecule has 0 fully saturated rings. The van der Waals surface area contributed by atoms with Crippen molar-refractivity contribution in [1.29, 1.82) is 0 Å². The first-order valence-electron chi connectivity index (χ1n) is 11.4. The number of hydrogen-bond donors (Lipinski definition) is 1. The predicted molar refractivity (Wildman–Crippen MR) is 144 cm³/mol. The molecule has 190 valence electrons. The number of benzene rings is 2. The SMILES string of the molecule is CCOc1cc(C2C(C(=O)OC)=C(C)Nc3nc(SCc4ccccc4Cl)nn32)cc(Br)c1OCC. The number of nitrogens with one attached hydrogen (secondary N) is 1. The van der Waals surface area contributed by atoms with Crippen molar-refractivity contribution in [3.63, 3.8) is 0 Å². The van der Waals surface area contributed by atoms with Crippen LogP contribution in [0.15, 0.2) is 57.3 Å². The number of thioether (sulfide) groups is 1. The molecule has 0 saturated carbocycles. The van der Waals surface area contributed by atoms with Crippen LogP contribution in [0.3, 0.4) is 0 Å². The third-order valence-corrected chi connectivity index (χ3v) is 7.33. The van der Waals surface area contributed by atoms with Gasteiger partial charge in [-0.15, -0.1) is 5.10 Å². The fourth-order valence-electron chi connectivity index (χ4n) is 3.93. The monoisotopic (exact) mass is 592 g/mol. The average Bonchev–Trinajstić information content (AvgIpc) is 3.26. The van der Waals surface area contributed by atoms with Gasteiger partial charge in [0.2, 0.25) is 11.1 Å². The Morgan fingerprint density at radius 2 is 1.97 bits per heavy atom. The summed E-state index contributed by atoms with van der Waals surface area (Å²) in [5.74, 6) is 1.84. The fraction of sp³-hybridized carbons (Fsp3) is 0.320. The molecule has 0 aliphatic carbocycles. The molecule has 1 aromatic heterocycles. The Balaban J connectivity index is 1.78. The Hall–Kier alpha value is -2.69. The Labute approximate surface area is 227 Å². The van der Waals surface area contributed by atoms with E-state index in [-0.39, 0.29) is 0 Å². The molecular formula is C25H26BrClN4O4S. The van der Waals surface area contributed by atoms with E-state index in [1.165, 1.54) is 18.9 Å². The molecular weight excluding hydrogens is 568 g/mol. The second-order valence-corrected chi connectivity index (χ2v) is 10.0. The van der Waals surface area contributed by atoms with Crippen molar-refractivity contribution in [2.75, 3.05) is 25.6 Å². The van der Waals surface area contributed by atoms with Crippen LogP contribution in [0.5, 0.6) is 11.5 Å². The minimum Gasteiger partial charge on any atom is -0.490 e. The molecule has 0 bridgehead atoms. The summed E-state index contributed by atoms with van der Waals surface area (Å²) in [6.45, 7) is 6.58. The van der Waals surface area contributed by atoms with Gasteiger partial charge in [0.15, 0.2) is 11.5 Å². The number of halogens is 2. The standard InChI is InChI=1S/C25H26BrClN4O4S/c1-5-34-19-12-16(11-17(26)22(19)35-6-2)21-20(23(32)33-4)14(3)28-24-29-25(30-31(21)24)36-13-15-9-7-8-10-18(15)27/h7-12,21H,5-6,13H2,1-4H3,(H,28,29,30). The summed E-state index contributed by atoms with van der Waals surface area (Å²) >= 11 is 11.4. The van der Waals surface area contributed by atoms with E-state index < -0.39 is 12.0 Å². The number of allylic oxidation sites excluding steroid dienone is 1. The highest BCUT2D eigenvalue weighted by Crippen LogP contribution is 2.43. The van der Waals surface area contributed by atoms with Crippen molar-refractivity contribution in [1.82, 2.24) is 14.8 Å². The molecule has 1 aliphatic heterocycles. The minimum absolute atomic E-state index is 0.427. The van der Waals surface area contributed by atoms with Gasteiger partial charge in [0.25, 0.3) is 0 Å². The Morgan fingerprint density at radius 3 is 2.67 bits per heavy atom. The molecule has 2 aromatic carbocycles. The number of aromatic nitrogens is 3. The quantitative estimate of drug-likeness (QED) is 0.230. The molecule has 1 unspecified atom stereocenters. The van der Waals surface area contributed by atoms with Gasteiger partial charge in [-0.2, -0.15) is 4.98 Å². The van der Waals surface area contributed by atoms with E-state index in [9.17, 15) is 4.79 Å². The molecule has 11 heteroatoms. The number of hydrogen-bond acceptors (Lipinski definition) is 8. The van der Waals surface area contributed by atoms with Crippen LogP contribution in [0.25, 0.3) is 0 Å². The van der Waals surface area contributed by atoms with Gasteiger partial charge in [0.05, 0.1) is 30.4 Å². The number of anilines is 1. The van der Waals surface area contributed by atoms with Crippen LogP contribution >= 0.6 is 39.3 Å². The van der Waals surface area contributed by atoms with Crippen molar-refractivity contribution in [2.45, 2.75) is 37.7 Å². The van der Waals surface area contributed by atoms with Crippen LogP contribution < -0.4 is 14.8 Å². The van der Waals surface area contributed by atoms with Gasteiger partial charge in [0, 0.05) is 16.5 Å². The zero-order valence-electron chi connectivity index (χ0n) is 20.3. The van der Waals surface area contributed by atoms with Gasteiger partial charge >= 0.3 is 5.97 Å². The van der Waals surface area contributed by atoms with Crippen LogP contribution in [0, 0.1) is 0 Å². The van der Waals surface area contributed by atoms with E-state index in [0.717, 1.165) is 11.1 Å². The zero-order valence-corrected chi connectivity index (χ0v) is 23.5. The van der Waals surface area contributed by atoms with E-state index in [1.54, 1.807) is 4.68 Å². The summed E-state index contributed by atoms with van der Waals surface area (Å²) in [6.07, 6.45) is 0. The lowest BCUT2D eigenvalue weighted by Crippen LogP contribution is -2.29. The van der Waals surface area contributed by atoms with Crippen LogP contribution in [-0.2, 0) is 15.3 Å². The summed E-state index contributed by atoms with van der Waals surface area (Å²) in [5, 5.41) is 9.20. The number of carbonyl (C=O) groups excluding carboxylic acids is 1. The molecule has 0 saturated heterocycles. The summed E-state index contributed by atoms with van der Waals surface area (Å²) in [6, 6.07) is 10.8. The molecule has 4 rings (SSSR count). The lowest BCUT2D eigenvalue weighted by atomic mass is 9.95. The summed E-state index contributed by atoms with van der Waals surface area (Å²) in [7, 11) is 1.36. The van der Waals surface area contributed by atoms with Crippen molar-refractivity contribution >= 4 is 51.2 Å². The first-order chi connectivity index (χ1) is 17.4. The predicted octanol–water partition coefficient (Wildman–Crippen LogP) is 6.25. The molecule has 1 aliphatic rings. The van der Waals surface area contributed by atoms with E-state index in [0.29, 0.717) is 62.3 Å². The fourth-order valence-corrected chi connectivity index (χ4v) is 5.61. The average molecular weight is 594 g/mol. The Kier molecular flexibility index (Phi) is 8.48. The second kappa shape index (κ2) is 11.6. The van der Waals surface area contributed by atoms with Gasteiger partial charge < -0.3 is 19.5 Å². The molecule has 0 radical (unpaired) electrons. The van der Waals surface area contributed by atoms with E-state index >= 15 is 0 Å². The van der Waals surface area contributed by atoms with E-state index in [4.69, 9.17) is 30.9 Å². The third kappa shape index (κ3) is 5.35. The van der Waals surface area contributed by atoms with Gasteiger partial charge in [-0.3, -0.25) is 0 Å². The van der Waals surface area contributed by atoms with Crippen molar-refractivity contribution in [2.24, 2.45) is 0 Å². The number of fused-ring (bicyclic) bond motifs is 1. The summed E-state index contributed by atoms with van der Waals surface area (Å²) in [4.78, 5) is 17.6. The largest absolute Gasteiger partial charge is 0.490 e. The maximum atomic E-state index is 12.9. The van der Waals surface area contributed by atoms with Crippen molar-refractivity contribution in [3.05, 3.63) is 68.3 Å². The highest BCUT2D eigenvalue weighted by Gasteiger charge is 2.36. The Morgan fingerprint density at radius 1 is 1.22 bits per heavy atom. The normalized spacial score (nSPS) is 14.8. The smallest absolute Gasteiger partial charge is 0.338 e. The highest BCUT2D eigenvalue weighted by molar-refractivity contribution is 9.10. The molecule has 0 amide bonds. The third-order valence-electron chi connectivity index (χ3n) is 5.49. The number of rotatable bonds is 9. The topological polar surface area (TPSA) is 87.5 Å². The lowest BCUT2D eigenvalue weighted by molar-refractivity contribution is -0.136. The van der Waals surface area contributed by atoms with Crippen LogP contribution in [0.1, 0.15) is 37.9 Å². The molecule has 0 spiro atoms. The first-order valence-corrected chi connectivity index (χ1v) is 13.5. The molecule has 36 heavy (non-hydrogen) atoms. The maximum absolute atomic E-state index is 12.9. The molecule has 1 N–H and O–H groups in total. The minimum atomic E-state index is -0.595. The van der Waals surface area contributed by atoms with E-state index in [1.807, 2.05) is 57.2 Å². The van der Waals surface area contributed by atoms with Crippen molar-refractivity contribution in [3.8, 4) is 11.5 Å². The molecule has 2 heterocycles. The second-order valence-electron chi connectivity index (χ2n) is 7.80. The maximum Gasteiger partial charge on any atom is 0.338 e. The number of ether oxygens (including phenoxy) is 3. The molecule has 1 atom stereocenters. The lowest BCUT2D eigenvalue weighted by Gasteiger charge is -2.28. The molecule has 8 nitrogen and oxygen atoms in total. The van der Waals surface area contributed by atoms with Gasteiger partial charge in [0.1, 0.15) is 6.04 Å². The van der Waals surface area contributed by atoms with Crippen molar-refractivity contribution < 1.29 is 19.0 Å². The first kappa shape index (κ1) is 26.4. The van der Waals surface area contributed by atoms with Crippen LogP contribution in [0.4, 0.5) is 5.95 Å². The highest BCUT2D eigenvalue weighted by atomic mass is 79.9. The van der Waals surface area contributed by atoms with Crippen LogP contribution in [0.2, 0.25) is 5.02 Å². The van der Waals surface area contributed by atoms with Crippen LogP contribution in [-0.4, -0.2) is 41.1 Å². The number of methoxy groups -OCH3 is 1. The number of esters is 1. The summed E-state index contributed by atoms with van der Waals surface area (Å²) < 4.78 is 19.2. The van der Waals surface area contributed by atoms with E-state index in [2.05, 4.69) is 26.2 Å². The molecule has 3 aromatic rings. The zero-order chi connectivity index (χ0) is 25.8. The number of nitrogens with zero attached hydrogens (tertiary/aromatic N) is 3. The summed E-state index contributed by atoms with van der Waals surface area (Å²) in [5.41, 5.74) is 2.82. The van der Waals surface area contributed by atoms with Gasteiger partial charge in [-0.25, -0.2) is 9.48 Å². The Bertz CT molecular complexity index is 1310. The van der Waals surface area contributed by atoms with Gasteiger partial charge in [-0.05, 0) is 66.0 Å². The van der Waals surface area contributed by atoms with Gasteiger partial charge in [-0.1, -0.05) is 41.6 Å². The number of carbonyl (C=O) groups is 1.